The fraction of sp³-hybridized carbons (Fsp3) is 0.133. The van der Waals surface area contributed by atoms with Crippen LogP contribution in [-0.4, -0.2) is 13.1 Å². The molecule has 4 heteroatoms. The highest BCUT2D eigenvalue weighted by molar-refractivity contribution is 9.10. The Morgan fingerprint density at radius 2 is 1.89 bits per heavy atom. The van der Waals surface area contributed by atoms with E-state index in [4.69, 9.17) is 9.47 Å². The Kier molecular flexibility index (Phi) is 4.58. The first-order valence-corrected chi connectivity index (χ1v) is 6.54. The van der Waals surface area contributed by atoms with E-state index in [1.165, 1.54) is 0 Å². The standard InChI is InChI=1S/C15H13BrO3/c1-18-14-8-12(7-13(16)9-14)15(17)19-10-11-5-3-2-4-6-11/h2-9H,10H2,1H3. The average molecular weight is 321 g/mol. The maximum absolute atomic E-state index is 11.9. The molecular formula is C15H13BrO3. The van der Waals surface area contributed by atoms with E-state index in [2.05, 4.69) is 15.9 Å². The van der Waals surface area contributed by atoms with Crippen LogP contribution < -0.4 is 4.74 Å². The Bertz CT molecular complexity index is 567. The van der Waals surface area contributed by atoms with Crippen LogP contribution in [0.1, 0.15) is 15.9 Å². The van der Waals surface area contributed by atoms with Gasteiger partial charge in [0, 0.05) is 4.47 Å². The number of halogens is 1. The van der Waals surface area contributed by atoms with Gasteiger partial charge in [-0.05, 0) is 23.8 Å². The molecule has 0 bridgehead atoms. The molecule has 2 rings (SSSR count). The van der Waals surface area contributed by atoms with Gasteiger partial charge in [-0.1, -0.05) is 46.3 Å². The highest BCUT2D eigenvalue weighted by atomic mass is 79.9. The summed E-state index contributed by atoms with van der Waals surface area (Å²) in [6.45, 7) is 0.258. The van der Waals surface area contributed by atoms with Crippen LogP contribution in [0.4, 0.5) is 0 Å². The smallest absolute Gasteiger partial charge is 0.338 e. The summed E-state index contributed by atoms with van der Waals surface area (Å²) in [5, 5.41) is 0. The van der Waals surface area contributed by atoms with Crippen LogP contribution in [0.15, 0.2) is 53.0 Å². The lowest BCUT2D eigenvalue weighted by molar-refractivity contribution is 0.0472. The maximum Gasteiger partial charge on any atom is 0.338 e. The molecule has 0 spiro atoms. The summed E-state index contributed by atoms with van der Waals surface area (Å²) in [6, 6.07) is 14.7. The van der Waals surface area contributed by atoms with Crippen molar-refractivity contribution in [3.05, 3.63) is 64.1 Å². The quantitative estimate of drug-likeness (QED) is 0.803. The predicted octanol–water partition coefficient (Wildman–Crippen LogP) is 3.81. The third-order valence-corrected chi connectivity index (χ3v) is 3.01. The lowest BCUT2D eigenvalue weighted by Gasteiger charge is -2.07. The zero-order chi connectivity index (χ0) is 13.7. The van der Waals surface area contributed by atoms with E-state index < -0.39 is 0 Å². The molecule has 19 heavy (non-hydrogen) atoms. The topological polar surface area (TPSA) is 35.5 Å². The van der Waals surface area contributed by atoms with Gasteiger partial charge in [0.05, 0.1) is 12.7 Å². The van der Waals surface area contributed by atoms with Crippen molar-refractivity contribution in [1.29, 1.82) is 0 Å². The summed E-state index contributed by atoms with van der Waals surface area (Å²) < 4.78 is 11.1. The molecule has 3 nitrogen and oxygen atoms in total. The molecule has 2 aromatic rings. The van der Waals surface area contributed by atoms with Crippen LogP contribution in [0.3, 0.4) is 0 Å². The Hall–Kier alpha value is -1.81. The van der Waals surface area contributed by atoms with Crippen molar-refractivity contribution in [2.45, 2.75) is 6.61 Å². The second kappa shape index (κ2) is 6.38. The molecule has 0 amide bonds. The monoisotopic (exact) mass is 320 g/mol. The molecule has 0 heterocycles. The molecule has 0 radical (unpaired) electrons. The summed E-state index contributed by atoms with van der Waals surface area (Å²) in [5.74, 6) is 0.240. The SMILES string of the molecule is COc1cc(Br)cc(C(=O)OCc2ccccc2)c1. The number of esters is 1. The van der Waals surface area contributed by atoms with Gasteiger partial charge in [0.1, 0.15) is 12.4 Å². The highest BCUT2D eigenvalue weighted by Gasteiger charge is 2.10. The Morgan fingerprint density at radius 3 is 2.58 bits per heavy atom. The molecule has 0 aliphatic rings. The van der Waals surface area contributed by atoms with E-state index >= 15 is 0 Å². The Morgan fingerprint density at radius 1 is 1.16 bits per heavy atom. The predicted molar refractivity (Wildman–Crippen MR) is 76.3 cm³/mol. The van der Waals surface area contributed by atoms with Gasteiger partial charge in [-0.25, -0.2) is 4.79 Å². The van der Waals surface area contributed by atoms with Crippen LogP contribution in [0.5, 0.6) is 5.75 Å². The van der Waals surface area contributed by atoms with E-state index in [9.17, 15) is 4.79 Å². The number of benzene rings is 2. The number of carbonyl (C=O) groups is 1. The minimum atomic E-state index is -0.372. The molecule has 2 aromatic carbocycles. The summed E-state index contributed by atoms with van der Waals surface area (Å²) >= 11 is 3.33. The Labute approximate surface area is 120 Å². The lowest BCUT2D eigenvalue weighted by atomic mass is 10.2. The van der Waals surface area contributed by atoms with E-state index in [0.29, 0.717) is 11.3 Å². The second-order valence-corrected chi connectivity index (χ2v) is 4.86. The molecule has 0 unspecified atom stereocenters. The fourth-order valence-corrected chi connectivity index (χ4v) is 2.08. The van der Waals surface area contributed by atoms with Gasteiger partial charge >= 0.3 is 5.97 Å². The van der Waals surface area contributed by atoms with Crippen molar-refractivity contribution in [3.8, 4) is 5.75 Å². The average Bonchev–Trinajstić information content (AvgIpc) is 2.45. The minimum Gasteiger partial charge on any atom is -0.497 e. The summed E-state index contributed by atoms with van der Waals surface area (Å²) in [6.07, 6.45) is 0. The first-order valence-electron chi connectivity index (χ1n) is 5.74. The molecule has 0 saturated heterocycles. The fourth-order valence-electron chi connectivity index (χ4n) is 1.60. The number of rotatable bonds is 4. The van der Waals surface area contributed by atoms with Crippen molar-refractivity contribution in [1.82, 2.24) is 0 Å². The van der Waals surface area contributed by atoms with E-state index in [0.717, 1.165) is 10.0 Å². The van der Waals surface area contributed by atoms with Gasteiger partial charge in [-0.15, -0.1) is 0 Å². The van der Waals surface area contributed by atoms with E-state index in [-0.39, 0.29) is 12.6 Å². The highest BCUT2D eigenvalue weighted by Crippen LogP contribution is 2.22. The first-order chi connectivity index (χ1) is 9.19. The molecule has 0 aromatic heterocycles. The molecule has 0 N–H and O–H groups in total. The normalized spacial score (nSPS) is 10.0. The van der Waals surface area contributed by atoms with E-state index in [1.807, 2.05) is 30.3 Å². The number of carbonyl (C=O) groups excluding carboxylic acids is 1. The van der Waals surface area contributed by atoms with Crippen molar-refractivity contribution in [2.24, 2.45) is 0 Å². The van der Waals surface area contributed by atoms with Crippen LogP contribution in [0.2, 0.25) is 0 Å². The third-order valence-electron chi connectivity index (χ3n) is 2.56. The zero-order valence-corrected chi connectivity index (χ0v) is 12.0. The van der Waals surface area contributed by atoms with Gasteiger partial charge in [0.2, 0.25) is 0 Å². The van der Waals surface area contributed by atoms with Crippen LogP contribution in [0, 0.1) is 0 Å². The molecule has 98 valence electrons. The van der Waals surface area contributed by atoms with Gasteiger partial charge < -0.3 is 9.47 Å². The van der Waals surface area contributed by atoms with Gasteiger partial charge in [-0.3, -0.25) is 0 Å². The Balaban J connectivity index is 2.06. The number of hydrogen-bond acceptors (Lipinski definition) is 3. The van der Waals surface area contributed by atoms with Crippen LogP contribution >= 0.6 is 15.9 Å². The van der Waals surface area contributed by atoms with Crippen molar-refractivity contribution < 1.29 is 14.3 Å². The third kappa shape index (κ3) is 3.83. The maximum atomic E-state index is 11.9. The summed E-state index contributed by atoms with van der Waals surface area (Å²) in [7, 11) is 1.56. The first kappa shape index (κ1) is 13.6. The number of methoxy groups -OCH3 is 1. The van der Waals surface area contributed by atoms with Crippen molar-refractivity contribution in [2.75, 3.05) is 7.11 Å². The molecule has 0 aliphatic heterocycles. The molecule has 0 saturated carbocycles. The zero-order valence-electron chi connectivity index (χ0n) is 10.4. The lowest BCUT2D eigenvalue weighted by Crippen LogP contribution is -2.05. The van der Waals surface area contributed by atoms with Gasteiger partial charge in [0.25, 0.3) is 0 Å². The second-order valence-electron chi connectivity index (χ2n) is 3.94. The van der Waals surface area contributed by atoms with Crippen LogP contribution in [-0.2, 0) is 11.3 Å². The van der Waals surface area contributed by atoms with Crippen molar-refractivity contribution >= 4 is 21.9 Å². The van der Waals surface area contributed by atoms with E-state index in [1.54, 1.807) is 25.3 Å². The van der Waals surface area contributed by atoms with Crippen molar-refractivity contribution in [3.63, 3.8) is 0 Å². The summed E-state index contributed by atoms with van der Waals surface area (Å²) in [5.41, 5.74) is 1.42. The summed E-state index contributed by atoms with van der Waals surface area (Å²) in [4.78, 5) is 11.9. The number of hydrogen-bond donors (Lipinski definition) is 0. The molecule has 0 atom stereocenters. The largest absolute Gasteiger partial charge is 0.497 e. The van der Waals surface area contributed by atoms with Crippen LogP contribution in [0.25, 0.3) is 0 Å². The minimum absolute atomic E-state index is 0.258. The van der Waals surface area contributed by atoms with Gasteiger partial charge in [0.15, 0.2) is 0 Å². The molecular weight excluding hydrogens is 308 g/mol. The molecule has 0 aliphatic carbocycles. The number of ether oxygens (including phenoxy) is 2. The van der Waals surface area contributed by atoms with Gasteiger partial charge in [-0.2, -0.15) is 0 Å². The molecule has 0 fully saturated rings.